The number of nitrogens with one attached hydrogen (secondary N) is 1. The minimum absolute atomic E-state index is 0.372. The first-order chi connectivity index (χ1) is 11.5. The number of imidazole rings is 1. The van der Waals surface area contributed by atoms with Crippen LogP contribution in [0.4, 0.5) is 13.2 Å². The first kappa shape index (κ1) is 15.7. The zero-order valence-corrected chi connectivity index (χ0v) is 13.3. The summed E-state index contributed by atoms with van der Waals surface area (Å²) < 4.78 is 40.0. The van der Waals surface area contributed by atoms with Crippen LogP contribution < -0.4 is 5.32 Å². The van der Waals surface area contributed by atoms with Crippen molar-refractivity contribution in [3.8, 4) is 0 Å². The molecule has 4 rings (SSSR count). The highest BCUT2D eigenvalue weighted by Gasteiger charge is 2.34. The molecule has 2 heterocycles. The Bertz CT molecular complexity index is 699. The number of rotatable bonds is 3. The molecule has 0 spiro atoms. The van der Waals surface area contributed by atoms with Gasteiger partial charge in [0.25, 0.3) is 0 Å². The summed E-state index contributed by atoms with van der Waals surface area (Å²) in [5, 5.41) is 3.69. The molecule has 2 aromatic rings. The summed E-state index contributed by atoms with van der Waals surface area (Å²) in [6, 6.07) is 6.57. The maximum Gasteiger partial charge on any atom is 0.416 e. The summed E-state index contributed by atoms with van der Waals surface area (Å²) >= 11 is 0. The molecule has 1 unspecified atom stereocenters. The number of aryl methyl sites for hydroxylation is 1. The van der Waals surface area contributed by atoms with Crippen LogP contribution in [0.3, 0.4) is 0 Å². The van der Waals surface area contributed by atoms with E-state index < -0.39 is 11.7 Å². The second kappa shape index (κ2) is 5.92. The van der Waals surface area contributed by atoms with Crippen molar-refractivity contribution in [2.24, 2.45) is 0 Å². The van der Waals surface area contributed by atoms with Crippen molar-refractivity contribution < 1.29 is 13.2 Å². The second-order valence-electron chi connectivity index (χ2n) is 6.88. The van der Waals surface area contributed by atoms with E-state index in [9.17, 15) is 13.2 Å². The van der Waals surface area contributed by atoms with E-state index in [1.54, 1.807) is 12.1 Å². The molecule has 1 atom stereocenters. The van der Waals surface area contributed by atoms with Crippen LogP contribution >= 0.6 is 0 Å². The van der Waals surface area contributed by atoms with Gasteiger partial charge in [-0.2, -0.15) is 13.2 Å². The molecule has 1 aromatic carbocycles. The molecule has 1 N–H and O–H groups in total. The quantitative estimate of drug-likeness (QED) is 0.926. The molecule has 3 nitrogen and oxygen atoms in total. The largest absolute Gasteiger partial charge is 0.416 e. The highest BCUT2D eigenvalue weighted by atomic mass is 19.4. The molecule has 1 aliphatic carbocycles. The van der Waals surface area contributed by atoms with Crippen LogP contribution in [0.5, 0.6) is 0 Å². The van der Waals surface area contributed by atoms with E-state index in [2.05, 4.69) is 14.9 Å². The van der Waals surface area contributed by atoms with Gasteiger partial charge in [0.2, 0.25) is 0 Å². The van der Waals surface area contributed by atoms with E-state index in [0.29, 0.717) is 18.0 Å². The summed E-state index contributed by atoms with van der Waals surface area (Å²) in [4.78, 5) is 4.34. The third-order valence-electron chi connectivity index (χ3n) is 5.25. The molecule has 0 amide bonds. The lowest BCUT2D eigenvalue weighted by molar-refractivity contribution is -0.137. The number of halogens is 3. The molecule has 1 saturated carbocycles. The summed E-state index contributed by atoms with van der Waals surface area (Å²) in [7, 11) is 0. The van der Waals surface area contributed by atoms with Crippen molar-refractivity contribution in [3.05, 3.63) is 53.6 Å². The lowest BCUT2D eigenvalue weighted by atomic mass is 9.75. The average Bonchev–Trinajstić information content (AvgIpc) is 2.97. The molecule has 128 valence electrons. The van der Waals surface area contributed by atoms with E-state index in [1.165, 1.54) is 12.1 Å². The predicted molar refractivity (Wildman–Crippen MR) is 84.7 cm³/mol. The van der Waals surface area contributed by atoms with Crippen molar-refractivity contribution in [1.82, 2.24) is 14.9 Å². The van der Waals surface area contributed by atoms with Gasteiger partial charge in [-0.1, -0.05) is 12.1 Å². The summed E-state index contributed by atoms with van der Waals surface area (Å²) in [6.07, 6.45) is 3.71. The molecular weight excluding hydrogens is 315 g/mol. The Morgan fingerprint density at radius 3 is 2.54 bits per heavy atom. The maximum atomic E-state index is 12.6. The van der Waals surface area contributed by atoms with Gasteiger partial charge in [0.15, 0.2) is 0 Å². The van der Waals surface area contributed by atoms with Gasteiger partial charge >= 0.3 is 6.18 Å². The molecule has 1 aliphatic heterocycles. The summed E-state index contributed by atoms with van der Waals surface area (Å²) in [6.45, 7) is 0.955. The van der Waals surface area contributed by atoms with Gasteiger partial charge in [-0.15, -0.1) is 0 Å². The van der Waals surface area contributed by atoms with Crippen molar-refractivity contribution in [3.63, 3.8) is 0 Å². The molecule has 24 heavy (non-hydrogen) atoms. The maximum absolute atomic E-state index is 12.6. The minimum atomic E-state index is -4.25. The fourth-order valence-electron chi connectivity index (χ4n) is 3.81. The van der Waals surface area contributed by atoms with Crippen LogP contribution in [-0.2, 0) is 19.1 Å². The summed E-state index contributed by atoms with van der Waals surface area (Å²) in [5.74, 6) is 1.53. The van der Waals surface area contributed by atoms with Gasteiger partial charge in [0.05, 0.1) is 5.56 Å². The molecule has 1 aromatic heterocycles. The molecule has 6 heteroatoms. The number of nitrogens with zero attached hydrogens (tertiary/aromatic N) is 2. The third kappa shape index (κ3) is 3.07. The molecule has 1 fully saturated rings. The highest BCUT2D eigenvalue weighted by molar-refractivity contribution is 5.29. The third-order valence-corrected chi connectivity index (χ3v) is 5.25. The number of alkyl halides is 3. The van der Waals surface area contributed by atoms with Crippen LogP contribution in [-0.4, -0.2) is 21.6 Å². The minimum Gasteiger partial charge on any atom is -0.333 e. The number of hydrogen-bond acceptors (Lipinski definition) is 2. The highest BCUT2D eigenvalue weighted by Crippen LogP contribution is 2.38. The fraction of sp³-hybridized carbons (Fsp3) is 0.500. The van der Waals surface area contributed by atoms with Crippen LogP contribution in [0.2, 0.25) is 0 Å². The Hall–Kier alpha value is -1.82. The van der Waals surface area contributed by atoms with E-state index in [0.717, 1.165) is 43.6 Å². The Morgan fingerprint density at radius 2 is 1.83 bits per heavy atom. The second-order valence-corrected chi connectivity index (χ2v) is 6.88. The molecule has 0 bridgehead atoms. The summed E-state index contributed by atoms with van der Waals surface area (Å²) in [5.41, 5.74) is 0.445. The standard InChI is InChI=1S/C18H20F3N3/c19-18(20,21)14-3-1-12(2-4-14)13-9-16(10-13)23-15-5-6-17-22-7-8-24(17)11-15/h1-4,7-8,13,15-16,23H,5-6,9-11H2. The van der Waals surface area contributed by atoms with Gasteiger partial charge in [0, 0.05) is 37.4 Å². The first-order valence-electron chi connectivity index (χ1n) is 8.42. The van der Waals surface area contributed by atoms with Gasteiger partial charge in [-0.05, 0) is 42.9 Å². The lowest BCUT2D eigenvalue weighted by Crippen LogP contribution is -2.48. The van der Waals surface area contributed by atoms with Crippen molar-refractivity contribution in [2.45, 2.75) is 56.4 Å². The zero-order chi connectivity index (χ0) is 16.7. The number of fused-ring (bicyclic) bond motifs is 1. The van der Waals surface area contributed by atoms with E-state index in [-0.39, 0.29) is 0 Å². The predicted octanol–water partition coefficient (Wildman–Crippen LogP) is 3.75. The monoisotopic (exact) mass is 335 g/mol. The van der Waals surface area contributed by atoms with Crippen molar-refractivity contribution >= 4 is 0 Å². The smallest absolute Gasteiger partial charge is 0.333 e. The zero-order valence-electron chi connectivity index (χ0n) is 13.3. The Balaban J connectivity index is 1.29. The SMILES string of the molecule is FC(F)(F)c1ccc(C2CC(NC3CCc4nccn4C3)C2)cc1. The Kier molecular flexibility index (Phi) is 3.87. The van der Waals surface area contributed by atoms with Crippen LogP contribution in [0.15, 0.2) is 36.7 Å². The molecule has 0 saturated heterocycles. The van der Waals surface area contributed by atoms with Gasteiger partial charge in [0.1, 0.15) is 5.82 Å². The van der Waals surface area contributed by atoms with Crippen LogP contribution in [0.25, 0.3) is 0 Å². The number of benzene rings is 1. The molecular formula is C18H20F3N3. The van der Waals surface area contributed by atoms with Crippen molar-refractivity contribution in [2.75, 3.05) is 0 Å². The van der Waals surface area contributed by atoms with E-state index in [4.69, 9.17) is 0 Å². The van der Waals surface area contributed by atoms with Gasteiger partial charge in [-0.25, -0.2) is 4.98 Å². The van der Waals surface area contributed by atoms with E-state index >= 15 is 0 Å². The number of hydrogen-bond donors (Lipinski definition) is 1. The Labute approximate surface area is 138 Å². The topological polar surface area (TPSA) is 29.9 Å². The van der Waals surface area contributed by atoms with E-state index in [1.807, 2.05) is 12.4 Å². The van der Waals surface area contributed by atoms with Gasteiger partial charge < -0.3 is 9.88 Å². The van der Waals surface area contributed by atoms with Gasteiger partial charge in [-0.3, -0.25) is 0 Å². The first-order valence-corrected chi connectivity index (χ1v) is 8.42. The van der Waals surface area contributed by atoms with Crippen molar-refractivity contribution in [1.29, 1.82) is 0 Å². The average molecular weight is 335 g/mol. The normalized spacial score (nSPS) is 26.7. The lowest BCUT2D eigenvalue weighted by Gasteiger charge is -2.40. The number of aromatic nitrogens is 2. The van der Waals surface area contributed by atoms with Crippen LogP contribution in [0, 0.1) is 0 Å². The molecule has 0 radical (unpaired) electrons. The Morgan fingerprint density at radius 1 is 1.08 bits per heavy atom. The molecule has 2 aliphatic rings. The van der Waals surface area contributed by atoms with Crippen LogP contribution in [0.1, 0.15) is 42.1 Å². The fourth-order valence-corrected chi connectivity index (χ4v) is 3.81.